The van der Waals surface area contributed by atoms with Crippen LogP contribution in [0.15, 0.2) is 42.5 Å². The van der Waals surface area contributed by atoms with Gasteiger partial charge in [0.05, 0.1) is 24.9 Å². The number of ketones is 1. The molecule has 2 aromatic rings. The fourth-order valence-electron chi connectivity index (χ4n) is 3.34. The zero-order chi connectivity index (χ0) is 21.7. The molecule has 158 valence electrons. The molecule has 0 atom stereocenters. The van der Waals surface area contributed by atoms with E-state index in [4.69, 9.17) is 0 Å². The van der Waals surface area contributed by atoms with Crippen LogP contribution >= 0.6 is 0 Å². The molecule has 1 aliphatic heterocycles. The first-order chi connectivity index (χ1) is 14.4. The van der Waals surface area contributed by atoms with Gasteiger partial charge in [0.2, 0.25) is 5.91 Å². The molecular formula is C22H24FN3O4. The van der Waals surface area contributed by atoms with E-state index in [-0.39, 0.29) is 18.2 Å². The summed E-state index contributed by atoms with van der Waals surface area (Å²) in [5.41, 5.74) is 1.83. The molecule has 1 fully saturated rings. The first-order valence-corrected chi connectivity index (χ1v) is 9.63. The van der Waals surface area contributed by atoms with Crippen molar-refractivity contribution in [3.63, 3.8) is 0 Å². The van der Waals surface area contributed by atoms with E-state index in [1.165, 1.54) is 20.1 Å². The van der Waals surface area contributed by atoms with Crippen LogP contribution in [0.1, 0.15) is 27.6 Å². The van der Waals surface area contributed by atoms with Gasteiger partial charge in [-0.1, -0.05) is 0 Å². The maximum atomic E-state index is 14.3. The molecule has 0 unspecified atom stereocenters. The number of rotatable bonds is 6. The molecule has 0 spiro atoms. The number of amides is 1. The molecule has 0 saturated carbocycles. The maximum absolute atomic E-state index is 14.3. The van der Waals surface area contributed by atoms with E-state index in [1.54, 1.807) is 36.4 Å². The number of methoxy groups -OCH3 is 1. The smallest absolute Gasteiger partial charge is 0.337 e. The number of ether oxygens (including phenoxy) is 1. The zero-order valence-corrected chi connectivity index (χ0v) is 17.0. The number of carbonyl (C=O) groups is 3. The van der Waals surface area contributed by atoms with E-state index in [0.717, 1.165) is 0 Å². The van der Waals surface area contributed by atoms with Crippen LogP contribution in [-0.4, -0.2) is 62.4 Å². The highest BCUT2D eigenvalue weighted by atomic mass is 19.1. The highest BCUT2D eigenvalue weighted by molar-refractivity contribution is 5.95. The van der Waals surface area contributed by atoms with Gasteiger partial charge in [0.15, 0.2) is 5.78 Å². The normalized spacial score (nSPS) is 14.3. The number of carbonyl (C=O) groups excluding carboxylic acids is 3. The second-order valence-corrected chi connectivity index (χ2v) is 7.10. The summed E-state index contributed by atoms with van der Waals surface area (Å²) in [6.45, 7) is 4.02. The summed E-state index contributed by atoms with van der Waals surface area (Å²) in [5.74, 6) is -1.18. The van der Waals surface area contributed by atoms with E-state index in [2.05, 4.69) is 10.1 Å². The second-order valence-electron chi connectivity index (χ2n) is 7.10. The van der Waals surface area contributed by atoms with Crippen molar-refractivity contribution in [3.8, 4) is 0 Å². The van der Waals surface area contributed by atoms with Crippen molar-refractivity contribution in [2.45, 2.75) is 6.92 Å². The van der Waals surface area contributed by atoms with Crippen LogP contribution in [0.25, 0.3) is 0 Å². The Balaban J connectivity index is 1.50. The van der Waals surface area contributed by atoms with Crippen molar-refractivity contribution >= 4 is 29.0 Å². The largest absolute Gasteiger partial charge is 0.465 e. The number of nitrogens with one attached hydrogen (secondary N) is 1. The fourth-order valence-corrected chi connectivity index (χ4v) is 3.34. The quantitative estimate of drug-likeness (QED) is 0.579. The monoisotopic (exact) mass is 413 g/mol. The highest BCUT2D eigenvalue weighted by Crippen LogP contribution is 2.22. The van der Waals surface area contributed by atoms with Crippen LogP contribution in [0, 0.1) is 5.82 Å². The zero-order valence-electron chi connectivity index (χ0n) is 17.0. The van der Waals surface area contributed by atoms with E-state index in [9.17, 15) is 18.8 Å². The molecule has 30 heavy (non-hydrogen) atoms. The minimum absolute atomic E-state index is 0.161. The number of anilines is 2. The molecule has 0 bridgehead atoms. The van der Waals surface area contributed by atoms with E-state index >= 15 is 0 Å². The molecule has 0 aromatic heterocycles. The standard InChI is InChI=1S/C22H24FN3O4/c1-15(27)17-5-8-20(19(23)13-17)26-11-9-25(10-12-26)14-21(28)24-18-6-3-16(4-7-18)22(29)30-2/h3-8,13H,9-12,14H2,1-2H3,(H,24,28). The molecule has 1 heterocycles. The van der Waals surface area contributed by atoms with Crippen LogP contribution in [0.2, 0.25) is 0 Å². The van der Waals surface area contributed by atoms with Gasteiger partial charge in [0, 0.05) is 37.4 Å². The Hall–Kier alpha value is -3.26. The third-order valence-electron chi connectivity index (χ3n) is 5.02. The maximum Gasteiger partial charge on any atom is 0.337 e. The summed E-state index contributed by atoms with van der Waals surface area (Å²) < 4.78 is 19.0. The predicted octanol–water partition coefficient (Wildman–Crippen LogP) is 2.58. The number of hydrogen-bond acceptors (Lipinski definition) is 6. The third kappa shape index (κ3) is 5.21. The van der Waals surface area contributed by atoms with Crippen molar-refractivity contribution in [1.29, 1.82) is 0 Å². The summed E-state index contributed by atoms with van der Waals surface area (Å²) in [7, 11) is 1.31. The van der Waals surface area contributed by atoms with Crippen molar-refractivity contribution in [3.05, 3.63) is 59.4 Å². The van der Waals surface area contributed by atoms with Crippen molar-refractivity contribution in [2.75, 3.05) is 50.1 Å². The van der Waals surface area contributed by atoms with E-state index in [1.807, 2.05) is 9.80 Å². The molecule has 7 nitrogen and oxygen atoms in total. The van der Waals surface area contributed by atoms with Crippen LogP contribution in [0.4, 0.5) is 15.8 Å². The minimum atomic E-state index is -0.432. The van der Waals surface area contributed by atoms with Crippen LogP contribution in [0.5, 0.6) is 0 Å². The van der Waals surface area contributed by atoms with Gasteiger partial charge in [0.25, 0.3) is 0 Å². The Morgan fingerprint density at radius 1 is 1.00 bits per heavy atom. The first-order valence-electron chi connectivity index (χ1n) is 9.63. The summed E-state index contributed by atoms with van der Waals surface area (Å²) in [6, 6.07) is 11.0. The predicted molar refractivity (Wildman–Crippen MR) is 111 cm³/mol. The summed E-state index contributed by atoms with van der Waals surface area (Å²) in [4.78, 5) is 39.0. The van der Waals surface area contributed by atoms with Gasteiger partial charge < -0.3 is 15.0 Å². The Labute approximate surface area is 174 Å². The molecule has 0 radical (unpaired) electrons. The van der Waals surface area contributed by atoms with Crippen molar-refractivity contribution in [2.24, 2.45) is 0 Å². The molecule has 0 aliphatic carbocycles. The number of hydrogen-bond donors (Lipinski definition) is 1. The minimum Gasteiger partial charge on any atom is -0.465 e. The Morgan fingerprint density at radius 2 is 1.63 bits per heavy atom. The molecule has 8 heteroatoms. The average Bonchev–Trinajstić information content (AvgIpc) is 2.74. The first kappa shape index (κ1) is 21.4. The van der Waals surface area contributed by atoms with E-state index in [0.29, 0.717) is 48.7 Å². The van der Waals surface area contributed by atoms with Crippen molar-refractivity contribution < 1.29 is 23.5 Å². The fraction of sp³-hybridized carbons (Fsp3) is 0.318. The van der Waals surface area contributed by atoms with Gasteiger partial charge in [-0.05, 0) is 49.4 Å². The summed E-state index contributed by atoms with van der Waals surface area (Å²) in [5, 5.41) is 2.80. The lowest BCUT2D eigenvalue weighted by Crippen LogP contribution is -2.48. The third-order valence-corrected chi connectivity index (χ3v) is 5.02. The molecular weight excluding hydrogens is 389 g/mol. The topological polar surface area (TPSA) is 79.0 Å². The number of esters is 1. The number of halogens is 1. The lowest BCUT2D eigenvalue weighted by atomic mass is 10.1. The second kappa shape index (κ2) is 9.49. The molecule has 1 saturated heterocycles. The average molecular weight is 413 g/mol. The number of Topliss-reactive ketones (excluding diaryl/α,β-unsaturated/α-hetero) is 1. The lowest BCUT2D eigenvalue weighted by Gasteiger charge is -2.35. The van der Waals surface area contributed by atoms with Gasteiger partial charge >= 0.3 is 5.97 Å². The van der Waals surface area contributed by atoms with Gasteiger partial charge in [-0.3, -0.25) is 14.5 Å². The van der Waals surface area contributed by atoms with Gasteiger partial charge in [-0.15, -0.1) is 0 Å². The van der Waals surface area contributed by atoms with Gasteiger partial charge in [-0.25, -0.2) is 9.18 Å². The SMILES string of the molecule is COC(=O)c1ccc(NC(=O)CN2CCN(c3ccc(C(C)=O)cc3F)CC2)cc1. The van der Waals surface area contributed by atoms with Gasteiger partial charge in [0.1, 0.15) is 5.82 Å². The highest BCUT2D eigenvalue weighted by Gasteiger charge is 2.21. The van der Waals surface area contributed by atoms with Crippen LogP contribution < -0.4 is 10.2 Å². The molecule has 1 amide bonds. The van der Waals surface area contributed by atoms with Crippen LogP contribution in [-0.2, 0) is 9.53 Å². The molecule has 1 N–H and O–H groups in total. The Kier molecular flexibility index (Phi) is 6.79. The Bertz CT molecular complexity index is 938. The van der Waals surface area contributed by atoms with E-state index < -0.39 is 11.8 Å². The Morgan fingerprint density at radius 3 is 2.20 bits per heavy atom. The van der Waals surface area contributed by atoms with Crippen LogP contribution in [0.3, 0.4) is 0 Å². The van der Waals surface area contributed by atoms with Crippen molar-refractivity contribution in [1.82, 2.24) is 4.90 Å². The number of nitrogens with zero attached hydrogens (tertiary/aromatic N) is 2. The molecule has 3 rings (SSSR count). The number of piperazine rings is 1. The van der Waals surface area contributed by atoms with Gasteiger partial charge in [-0.2, -0.15) is 0 Å². The number of benzene rings is 2. The molecule has 2 aromatic carbocycles. The summed E-state index contributed by atoms with van der Waals surface area (Å²) >= 11 is 0. The lowest BCUT2D eigenvalue weighted by molar-refractivity contribution is -0.117. The molecule has 1 aliphatic rings. The summed E-state index contributed by atoms with van der Waals surface area (Å²) in [6.07, 6.45) is 0.